The van der Waals surface area contributed by atoms with Gasteiger partial charge in [0.15, 0.2) is 5.89 Å². The second-order valence-electron chi connectivity index (χ2n) is 4.26. The molecule has 1 atom stereocenters. The number of nitrogens with zero attached hydrogens (tertiary/aromatic N) is 2. The van der Waals surface area contributed by atoms with Crippen LogP contribution in [0.15, 0.2) is 10.6 Å². The van der Waals surface area contributed by atoms with Crippen LogP contribution >= 0.6 is 0 Å². The molecule has 15 heavy (non-hydrogen) atoms. The predicted molar refractivity (Wildman–Crippen MR) is 58.4 cm³/mol. The van der Waals surface area contributed by atoms with Crippen LogP contribution in [0.25, 0.3) is 0 Å². The van der Waals surface area contributed by atoms with Gasteiger partial charge in [-0.3, -0.25) is 0 Å². The Hall–Kier alpha value is -0.870. The predicted octanol–water partition coefficient (Wildman–Crippen LogP) is 1.16. The van der Waals surface area contributed by atoms with E-state index in [1.54, 1.807) is 6.20 Å². The van der Waals surface area contributed by atoms with Crippen LogP contribution in [0.1, 0.15) is 30.9 Å². The molecule has 0 amide bonds. The lowest BCUT2D eigenvalue weighted by molar-refractivity contribution is 0.176. The van der Waals surface area contributed by atoms with Crippen LogP contribution in [0.3, 0.4) is 0 Å². The average molecular weight is 209 g/mol. The Morgan fingerprint density at radius 1 is 1.60 bits per heavy atom. The van der Waals surface area contributed by atoms with Gasteiger partial charge in [-0.2, -0.15) is 0 Å². The van der Waals surface area contributed by atoms with Crippen LogP contribution in [0.2, 0.25) is 0 Å². The lowest BCUT2D eigenvalue weighted by Gasteiger charge is -2.31. The van der Waals surface area contributed by atoms with Gasteiger partial charge in [0.1, 0.15) is 5.76 Å². The van der Waals surface area contributed by atoms with Gasteiger partial charge in [-0.15, -0.1) is 0 Å². The fourth-order valence-electron chi connectivity index (χ4n) is 2.14. The Morgan fingerprint density at radius 3 is 3.13 bits per heavy atom. The molecule has 1 unspecified atom stereocenters. The number of nitrogens with two attached hydrogens (primary N) is 1. The van der Waals surface area contributed by atoms with Gasteiger partial charge < -0.3 is 15.1 Å². The molecular formula is C11H19N3O. The molecule has 2 rings (SSSR count). The number of hydrogen-bond donors (Lipinski definition) is 1. The molecule has 4 nitrogen and oxygen atoms in total. The number of oxazole rings is 1. The quantitative estimate of drug-likeness (QED) is 0.811. The Kier molecular flexibility index (Phi) is 3.38. The largest absolute Gasteiger partial charge is 0.444 e. The minimum atomic E-state index is 0.438. The number of hydrogen-bond acceptors (Lipinski definition) is 4. The van der Waals surface area contributed by atoms with E-state index in [9.17, 15) is 0 Å². The van der Waals surface area contributed by atoms with Crippen molar-refractivity contribution in [3.05, 3.63) is 17.8 Å². The maximum Gasteiger partial charge on any atom is 0.195 e. The van der Waals surface area contributed by atoms with Crippen LogP contribution in [-0.4, -0.2) is 29.5 Å². The highest BCUT2D eigenvalue weighted by molar-refractivity contribution is 4.95. The lowest BCUT2D eigenvalue weighted by atomic mass is 10.0. The number of likely N-dealkylation sites (tertiary alicyclic amines) is 1. The molecule has 0 spiro atoms. The Labute approximate surface area is 90.5 Å². The van der Waals surface area contributed by atoms with E-state index in [0.29, 0.717) is 12.6 Å². The molecule has 1 aliphatic rings. The fraction of sp³-hybridized carbons (Fsp3) is 0.727. The summed E-state index contributed by atoms with van der Waals surface area (Å²) in [4.78, 5) is 6.64. The molecule has 1 aliphatic heterocycles. The van der Waals surface area contributed by atoms with Crippen LogP contribution in [-0.2, 0) is 13.0 Å². The van der Waals surface area contributed by atoms with Crippen molar-refractivity contribution in [2.75, 3.05) is 13.6 Å². The first-order chi connectivity index (χ1) is 7.29. The zero-order valence-electron chi connectivity index (χ0n) is 9.28. The van der Waals surface area contributed by atoms with Crippen molar-refractivity contribution < 1.29 is 4.42 Å². The molecule has 1 saturated heterocycles. The molecular weight excluding hydrogens is 190 g/mol. The fourth-order valence-corrected chi connectivity index (χ4v) is 2.14. The van der Waals surface area contributed by atoms with Gasteiger partial charge in [0, 0.05) is 12.5 Å². The van der Waals surface area contributed by atoms with E-state index in [1.165, 1.54) is 25.8 Å². The van der Waals surface area contributed by atoms with Crippen molar-refractivity contribution in [3.8, 4) is 0 Å². The minimum Gasteiger partial charge on any atom is -0.444 e. The second kappa shape index (κ2) is 4.77. The van der Waals surface area contributed by atoms with Crippen LogP contribution in [0, 0.1) is 0 Å². The highest BCUT2D eigenvalue weighted by Gasteiger charge is 2.20. The summed E-state index contributed by atoms with van der Waals surface area (Å²) < 4.78 is 5.52. The van der Waals surface area contributed by atoms with Gasteiger partial charge in [-0.1, -0.05) is 6.42 Å². The topological polar surface area (TPSA) is 55.3 Å². The van der Waals surface area contributed by atoms with Crippen molar-refractivity contribution in [1.29, 1.82) is 0 Å². The zero-order valence-corrected chi connectivity index (χ0v) is 9.28. The molecule has 1 aromatic heterocycles. The van der Waals surface area contributed by atoms with Crippen molar-refractivity contribution in [1.82, 2.24) is 9.88 Å². The summed E-state index contributed by atoms with van der Waals surface area (Å²) in [6.07, 6.45) is 6.53. The summed E-state index contributed by atoms with van der Waals surface area (Å²) in [5, 5.41) is 0. The van der Waals surface area contributed by atoms with E-state index in [2.05, 4.69) is 16.9 Å². The minimum absolute atomic E-state index is 0.438. The Bertz CT molecular complexity index is 311. The summed E-state index contributed by atoms with van der Waals surface area (Å²) in [5.41, 5.74) is 5.48. The first-order valence-corrected chi connectivity index (χ1v) is 5.63. The van der Waals surface area contributed by atoms with Crippen molar-refractivity contribution in [3.63, 3.8) is 0 Å². The number of piperidine rings is 1. The van der Waals surface area contributed by atoms with E-state index >= 15 is 0 Å². The van der Waals surface area contributed by atoms with Gasteiger partial charge in [-0.25, -0.2) is 4.98 Å². The molecule has 1 fully saturated rings. The molecule has 84 valence electrons. The summed E-state index contributed by atoms with van der Waals surface area (Å²) in [6.45, 7) is 1.63. The molecule has 0 aliphatic carbocycles. The normalized spacial score (nSPS) is 23.2. The molecule has 2 N–H and O–H groups in total. The SMILES string of the molecule is CN1CCCCC1Cc1ncc(CN)o1. The monoisotopic (exact) mass is 209 g/mol. The number of rotatable bonds is 3. The molecule has 2 heterocycles. The Morgan fingerprint density at radius 2 is 2.47 bits per heavy atom. The highest BCUT2D eigenvalue weighted by Crippen LogP contribution is 2.18. The van der Waals surface area contributed by atoms with Gasteiger partial charge in [0.2, 0.25) is 0 Å². The summed E-state index contributed by atoms with van der Waals surface area (Å²) in [7, 11) is 2.18. The van der Waals surface area contributed by atoms with Gasteiger partial charge >= 0.3 is 0 Å². The molecule has 0 radical (unpaired) electrons. The van der Waals surface area contributed by atoms with Crippen LogP contribution < -0.4 is 5.73 Å². The summed E-state index contributed by atoms with van der Waals surface area (Å²) in [5.74, 6) is 1.61. The zero-order chi connectivity index (χ0) is 10.7. The number of aromatic nitrogens is 1. The van der Waals surface area contributed by atoms with Crippen molar-refractivity contribution in [2.24, 2.45) is 5.73 Å². The third-order valence-corrected chi connectivity index (χ3v) is 3.13. The maximum absolute atomic E-state index is 5.52. The molecule has 0 bridgehead atoms. The summed E-state index contributed by atoms with van der Waals surface area (Å²) in [6, 6.07) is 0.586. The van der Waals surface area contributed by atoms with E-state index in [-0.39, 0.29) is 0 Å². The molecule has 0 aromatic carbocycles. The van der Waals surface area contributed by atoms with E-state index < -0.39 is 0 Å². The third-order valence-electron chi connectivity index (χ3n) is 3.13. The van der Waals surface area contributed by atoms with Crippen LogP contribution in [0.5, 0.6) is 0 Å². The van der Waals surface area contributed by atoms with E-state index in [4.69, 9.17) is 10.2 Å². The maximum atomic E-state index is 5.52. The third kappa shape index (κ3) is 2.58. The number of likely N-dealkylation sites (N-methyl/N-ethyl adjacent to an activating group) is 1. The molecule has 4 heteroatoms. The Balaban J connectivity index is 1.95. The van der Waals surface area contributed by atoms with Gasteiger partial charge in [0.05, 0.1) is 12.7 Å². The molecule has 1 aromatic rings. The lowest BCUT2D eigenvalue weighted by Crippen LogP contribution is -2.37. The standard InChI is InChI=1S/C11H19N3O/c1-14-5-3-2-4-9(14)6-11-13-8-10(7-12)15-11/h8-9H,2-7,12H2,1H3. The smallest absolute Gasteiger partial charge is 0.195 e. The van der Waals surface area contributed by atoms with E-state index in [0.717, 1.165) is 18.1 Å². The van der Waals surface area contributed by atoms with Crippen LogP contribution in [0.4, 0.5) is 0 Å². The molecule has 0 saturated carbocycles. The van der Waals surface area contributed by atoms with Crippen molar-refractivity contribution in [2.45, 2.75) is 38.3 Å². The van der Waals surface area contributed by atoms with Gasteiger partial charge in [0.25, 0.3) is 0 Å². The summed E-state index contributed by atoms with van der Waals surface area (Å²) >= 11 is 0. The average Bonchev–Trinajstić information content (AvgIpc) is 2.69. The van der Waals surface area contributed by atoms with Crippen molar-refractivity contribution >= 4 is 0 Å². The first kappa shape index (κ1) is 10.6. The van der Waals surface area contributed by atoms with Gasteiger partial charge in [-0.05, 0) is 26.4 Å². The second-order valence-corrected chi connectivity index (χ2v) is 4.26. The highest BCUT2D eigenvalue weighted by atomic mass is 16.4. The van der Waals surface area contributed by atoms with E-state index in [1.807, 2.05) is 0 Å². The first-order valence-electron chi connectivity index (χ1n) is 5.63.